The van der Waals surface area contributed by atoms with Crippen molar-refractivity contribution in [2.24, 2.45) is 0 Å². The molecule has 3 nitrogen and oxygen atoms in total. The van der Waals surface area contributed by atoms with Crippen LogP contribution in [0, 0.1) is 3.57 Å². The number of nitrogens with one attached hydrogen (secondary N) is 2. The van der Waals surface area contributed by atoms with Gasteiger partial charge in [-0.2, -0.15) is 0 Å². The molecule has 0 aliphatic heterocycles. The molecule has 0 saturated heterocycles. The lowest BCUT2D eigenvalue weighted by molar-refractivity contribution is 0.0950. The number of hydrogen-bond acceptors (Lipinski definition) is 2. The van der Waals surface area contributed by atoms with E-state index in [1.807, 2.05) is 20.0 Å². The van der Waals surface area contributed by atoms with Gasteiger partial charge in [0.05, 0.1) is 5.02 Å². The Morgan fingerprint density at radius 3 is 2.71 bits per heavy atom. The number of halogens is 3. The molecular weight excluding hydrogens is 374 g/mol. The van der Waals surface area contributed by atoms with E-state index in [4.69, 9.17) is 11.6 Å². The molecule has 0 heterocycles. The second kappa shape index (κ2) is 8.13. The lowest BCUT2D eigenvalue weighted by Gasteiger charge is -2.11. The van der Waals surface area contributed by atoms with Gasteiger partial charge in [0.15, 0.2) is 0 Å². The Bertz CT molecular complexity index is 388. The van der Waals surface area contributed by atoms with Crippen LogP contribution in [-0.4, -0.2) is 25.5 Å². The average Bonchev–Trinajstić information content (AvgIpc) is 2.29. The van der Waals surface area contributed by atoms with Crippen molar-refractivity contribution in [1.29, 1.82) is 0 Å². The SMILES string of the molecule is CNC(C)CNC(=O)c1ccc(I)c(Cl)c1.Cl. The minimum atomic E-state index is -0.0969. The molecule has 0 aliphatic rings. The van der Waals surface area contributed by atoms with E-state index in [-0.39, 0.29) is 24.4 Å². The highest BCUT2D eigenvalue weighted by Crippen LogP contribution is 2.19. The van der Waals surface area contributed by atoms with Crippen LogP contribution in [-0.2, 0) is 0 Å². The minimum Gasteiger partial charge on any atom is -0.350 e. The summed E-state index contributed by atoms with van der Waals surface area (Å²) in [4.78, 5) is 11.7. The predicted molar refractivity (Wildman–Crippen MR) is 82.3 cm³/mol. The maximum absolute atomic E-state index is 11.7. The normalized spacial score (nSPS) is 11.5. The molecule has 1 unspecified atom stereocenters. The number of rotatable bonds is 4. The van der Waals surface area contributed by atoms with Gasteiger partial charge in [-0.1, -0.05) is 11.6 Å². The minimum absolute atomic E-state index is 0. The Labute approximate surface area is 126 Å². The Morgan fingerprint density at radius 1 is 1.53 bits per heavy atom. The highest BCUT2D eigenvalue weighted by atomic mass is 127. The third-order valence-corrected chi connectivity index (χ3v) is 3.82. The summed E-state index contributed by atoms with van der Waals surface area (Å²) in [5.41, 5.74) is 0.591. The summed E-state index contributed by atoms with van der Waals surface area (Å²) >= 11 is 8.08. The molecule has 0 radical (unpaired) electrons. The third kappa shape index (κ3) is 5.42. The van der Waals surface area contributed by atoms with E-state index in [1.54, 1.807) is 12.1 Å². The van der Waals surface area contributed by atoms with Crippen LogP contribution in [0.5, 0.6) is 0 Å². The molecule has 96 valence electrons. The molecule has 0 aromatic heterocycles. The van der Waals surface area contributed by atoms with Crippen molar-refractivity contribution >= 4 is 52.5 Å². The van der Waals surface area contributed by atoms with Crippen LogP contribution in [0.4, 0.5) is 0 Å². The van der Waals surface area contributed by atoms with Crippen molar-refractivity contribution < 1.29 is 4.79 Å². The summed E-state index contributed by atoms with van der Waals surface area (Å²) in [6.45, 7) is 2.60. The Morgan fingerprint density at radius 2 is 2.18 bits per heavy atom. The first-order chi connectivity index (χ1) is 7.54. The third-order valence-electron chi connectivity index (χ3n) is 2.24. The Kier molecular flexibility index (Phi) is 8.11. The fourth-order valence-corrected chi connectivity index (χ4v) is 1.60. The highest BCUT2D eigenvalue weighted by Gasteiger charge is 2.08. The van der Waals surface area contributed by atoms with Gasteiger partial charge in [0.1, 0.15) is 0 Å². The van der Waals surface area contributed by atoms with Gasteiger partial charge in [0.25, 0.3) is 5.91 Å². The largest absolute Gasteiger partial charge is 0.350 e. The van der Waals surface area contributed by atoms with Gasteiger partial charge in [-0.15, -0.1) is 12.4 Å². The van der Waals surface area contributed by atoms with Gasteiger partial charge in [-0.3, -0.25) is 4.79 Å². The quantitative estimate of drug-likeness (QED) is 0.778. The van der Waals surface area contributed by atoms with Crippen LogP contribution in [0.25, 0.3) is 0 Å². The van der Waals surface area contributed by atoms with Crippen molar-refractivity contribution in [2.75, 3.05) is 13.6 Å². The first-order valence-corrected chi connectivity index (χ1v) is 6.40. The molecule has 0 aliphatic carbocycles. The molecule has 0 saturated carbocycles. The van der Waals surface area contributed by atoms with Crippen molar-refractivity contribution in [1.82, 2.24) is 10.6 Å². The molecule has 1 rings (SSSR count). The molecule has 1 aromatic carbocycles. The summed E-state index contributed by atoms with van der Waals surface area (Å²) in [7, 11) is 1.86. The van der Waals surface area contributed by atoms with E-state index in [1.165, 1.54) is 0 Å². The van der Waals surface area contributed by atoms with Crippen LogP contribution in [0.3, 0.4) is 0 Å². The zero-order valence-corrected chi connectivity index (χ0v) is 13.3. The lowest BCUT2D eigenvalue weighted by atomic mass is 10.2. The van der Waals surface area contributed by atoms with Gasteiger partial charge in [-0.25, -0.2) is 0 Å². The van der Waals surface area contributed by atoms with E-state index < -0.39 is 0 Å². The molecule has 0 spiro atoms. The number of benzene rings is 1. The van der Waals surface area contributed by atoms with Crippen molar-refractivity contribution in [2.45, 2.75) is 13.0 Å². The topological polar surface area (TPSA) is 41.1 Å². The van der Waals surface area contributed by atoms with E-state index >= 15 is 0 Å². The molecule has 1 atom stereocenters. The second-order valence-corrected chi connectivity index (χ2v) is 5.10. The molecule has 1 aromatic rings. The first-order valence-electron chi connectivity index (χ1n) is 4.95. The van der Waals surface area contributed by atoms with Crippen LogP contribution in [0.15, 0.2) is 18.2 Å². The molecule has 0 fully saturated rings. The second-order valence-electron chi connectivity index (χ2n) is 3.53. The van der Waals surface area contributed by atoms with Crippen molar-refractivity contribution in [3.8, 4) is 0 Å². The molecule has 2 N–H and O–H groups in total. The van der Waals surface area contributed by atoms with Gasteiger partial charge in [0, 0.05) is 21.7 Å². The molecule has 17 heavy (non-hydrogen) atoms. The maximum Gasteiger partial charge on any atom is 0.251 e. The fourth-order valence-electron chi connectivity index (χ4n) is 1.09. The average molecular weight is 389 g/mol. The summed E-state index contributed by atoms with van der Waals surface area (Å²) < 4.78 is 0.944. The standard InChI is InChI=1S/C11H14ClIN2O.ClH/c1-7(14-2)6-15-11(16)8-3-4-10(13)9(12)5-8;/h3-5,7,14H,6H2,1-2H3,(H,15,16);1H. The Balaban J connectivity index is 0.00000256. The van der Waals surface area contributed by atoms with Gasteiger partial charge in [-0.05, 0) is 54.8 Å². The fraction of sp³-hybridized carbons (Fsp3) is 0.364. The Hall–Kier alpha value is -0.0400. The van der Waals surface area contributed by atoms with Gasteiger partial charge >= 0.3 is 0 Å². The summed E-state index contributed by atoms with van der Waals surface area (Å²) in [6, 6.07) is 5.54. The van der Waals surface area contributed by atoms with Crippen LogP contribution in [0.1, 0.15) is 17.3 Å². The highest BCUT2D eigenvalue weighted by molar-refractivity contribution is 14.1. The molecule has 1 amide bonds. The zero-order valence-electron chi connectivity index (χ0n) is 9.59. The molecular formula is C11H15Cl2IN2O. The number of carbonyl (C=O) groups excluding carboxylic acids is 1. The summed E-state index contributed by atoms with van der Waals surface area (Å²) in [5.74, 6) is -0.0969. The van der Waals surface area contributed by atoms with Crippen LogP contribution < -0.4 is 10.6 Å². The number of amides is 1. The number of likely N-dealkylation sites (N-methyl/N-ethyl adjacent to an activating group) is 1. The summed E-state index contributed by atoms with van der Waals surface area (Å²) in [5, 5.41) is 6.49. The van der Waals surface area contributed by atoms with E-state index in [0.717, 1.165) is 3.57 Å². The van der Waals surface area contributed by atoms with Gasteiger partial charge in [0.2, 0.25) is 0 Å². The van der Waals surface area contributed by atoms with E-state index in [2.05, 4.69) is 33.2 Å². The van der Waals surface area contributed by atoms with Crippen LogP contribution in [0.2, 0.25) is 5.02 Å². The van der Waals surface area contributed by atoms with E-state index in [9.17, 15) is 4.79 Å². The van der Waals surface area contributed by atoms with E-state index in [0.29, 0.717) is 17.1 Å². The lowest BCUT2D eigenvalue weighted by Crippen LogP contribution is -2.37. The predicted octanol–water partition coefficient (Wildman–Crippen LogP) is 2.70. The van der Waals surface area contributed by atoms with Crippen molar-refractivity contribution in [3.63, 3.8) is 0 Å². The number of hydrogen-bond donors (Lipinski definition) is 2. The number of carbonyl (C=O) groups is 1. The zero-order chi connectivity index (χ0) is 12.1. The smallest absolute Gasteiger partial charge is 0.251 e. The maximum atomic E-state index is 11.7. The molecule has 0 bridgehead atoms. The monoisotopic (exact) mass is 388 g/mol. The summed E-state index contributed by atoms with van der Waals surface area (Å²) in [6.07, 6.45) is 0. The molecule has 6 heteroatoms. The first kappa shape index (κ1) is 17.0. The van der Waals surface area contributed by atoms with Crippen molar-refractivity contribution in [3.05, 3.63) is 32.4 Å². The van der Waals surface area contributed by atoms with Gasteiger partial charge < -0.3 is 10.6 Å². The van der Waals surface area contributed by atoms with Crippen LogP contribution >= 0.6 is 46.6 Å².